The van der Waals surface area contributed by atoms with Crippen LogP contribution in [0.2, 0.25) is 10.3 Å². The third-order valence-electron chi connectivity index (χ3n) is 2.64. The number of nitrogens with zero attached hydrogens (tertiary/aromatic N) is 1. The minimum absolute atomic E-state index is 0.0477. The number of rotatable bonds is 4. The van der Waals surface area contributed by atoms with Crippen molar-refractivity contribution in [3.05, 3.63) is 21.9 Å². The van der Waals surface area contributed by atoms with Crippen LogP contribution in [0.15, 0.2) is 6.07 Å². The Hall–Kier alpha value is -0.800. The lowest BCUT2D eigenvalue weighted by molar-refractivity contribution is -0.117. The molecule has 0 aliphatic heterocycles. The molecule has 3 nitrogen and oxygen atoms in total. The number of hydrogen-bond acceptors (Lipinski definition) is 2. The van der Waals surface area contributed by atoms with Gasteiger partial charge < -0.3 is 5.32 Å². The average Bonchev–Trinajstić information content (AvgIpc) is 2.23. The van der Waals surface area contributed by atoms with Crippen molar-refractivity contribution in [2.75, 3.05) is 5.32 Å². The number of halogens is 2. The number of hydrogen-bond donors (Lipinski definition) is 1. The Morgan fingerprint density at radius 2 is 2.18 bits per heavy atom. The van der Waals surface area contributed by atoms with Gasteiger partial charge in [-0.2, -0.15) is 0 Å². The molecule has 94 valence electrons. The second-order valence-electron chi connectivity index (χ2n) is 4.19. The van der Waals surface area contributed by atoms with Crippen LogP contribution in [0.4, 0.5) is 5.69 Å². The second-order valence-corrected chi connectivity index (χ2v) is 4.94. The highest BCUT2D eigenvalue weighted by Gasteiger charge is 2.12. The third-order valence-corrected chi connectivity index (χ3v) is 3.10. The molecule has 0 spiro atoms. The Bertz CT molecular complexity index is 398. The Morgan fingerprint density at radius 1 is 1.53 bits per heavy atom. The lowest BCUT2D eigenvalue weighted by Gasteiger charge is -2.12. The first-order valence-electron chi connectivity index (χ1n) is 5.56. The summed E-state index contributed by atoms with van der Waals surface area (Å²) in [5.41, 5.74) is 1.36. The summed E-state index contributed by atoms with van der Waals surface area (Å²) in [6, 6.07) is 1.67. The highest BCUT2D eigenvalue weighted by atomic mass is 35.5. The van der Waals surface area contributed by atoms with E-state index >= 15 is 0 Å². The molecule has 1 N–H and O–H groups in total. The van der Waals surface area contributed by atoms with Gasteiger partial charge >= 0.3 is 0 Å². The van der Waals surface area contributed by atoms with Crippen LogP contribution >= 0.6 is 23.2 Å². The van der Waals surface area contributed by atoms with Crippen LogP contribution in [0, 0.1) is 12.8 Å². The summed E-state index contributed by atoms with van der Waals surface area (Å²) in [5.74, 6) is 0.308. The first-order valence-corrected chi connectivity index (χ1v) is 6.32. The molecule has 0 saturated carbocycles. The number of aryl methyl sites for hydroxylation is 1. The van der Waals surface area contributed by atoms with Gasteiger partial charge in [-0.3, -0.25) is 4.79 Å². The number of anilines is 1. The monoisotopic (exact) mass is 274 g/mol. The zero-order chi connectivity index (χ0) is 13.0. The van der Waals surface area contributed by atoms with Crippen molar-refractivity contribution in [3.63, 3.8) is 0 Å². The zero-order valence-electron chi connectivity index (χ0n) is 10.2. The molecule has 0 fully saturated rings. The molecule has 1 aromatic heterocycles. The second kappa shape index (κ2) is 6.22. The highest BCUT2D eigenvalue weighted by molar-refractivity contribution is 6.34. The fourth-order valence-corrected chi connectivity index (χ4v) is 1.98. The highest BCUT2D eigenvalue weighted by Crippen LogP contribution is 2.26. The predicted molar refractivity (Wildman–Crippen MR) is 71.7 cm³/mol. The maximum atomic E-state index is 11.7. The van der Waals surface area contributed by atoms with Crippen LogP contribution in [-0.2, 0) is 4.79 Å². The van der Waals surface area contributed by atoms with Gasteiger partial charge in [0.1, 0.15) is 5.15 Å². The van der Waals surface area contributed by atoms with E-state index in [0.29, 0.717) is 23.2 Å². The van der Waals surface area contributed by atoms with E-state index in [0.717, 1.165) is 12.0 Å². The van der Waals surface area contributed by atoms with Crippen molar-refractivity contribution in [3.8, 4) is 0 Å². The molecule has 0 saturated heterocycles. The maximum Gasteiger partial charge on any atom is 0.224 e. The quantitative estimate of drug-likeness (QED) is 0.841. The number of aromatic nitrogens is 1. The van der Waals surface area contributed by atoms with Crippen molar-refractivity contribution in [1.82, 2.24) is 4.98 Å². The fourth-order valence-electron chi connectivity index (χ4n) is 1.40. The molecule has 1 aromatic rings. The van der Waals surface area contributed by atoms with Crippen molar-refractivity contribution < 1.29 is 4.79 Å². The van der Waals surface area contributed by atoms with E-state index in [2.05, 4.69) is 17.2 Å². The first kappa shape index (κ1) is 14.3. The van der Waals surface area contributed by atoms with Crippen LogP contribution < -0.4 is 5.32 Å². The molecule has 5 heteroatoms. The minimum atomic E-state index is -0.0477. The van der Waals surface area contributed by atoms with Crippen LogP contribution in [0.25, 0.3) is 0 Å². The van der Waals surface area contributed by atoms with E-state index in [9.17, 15) is 4.79 Å². The van der Waals surface area contributed by atoms with Crippen molar-refractivity contribution in [2.45, 2.75) is 33.6 Å². The number of amides is 1. The van der Waals surface area contributed by atoms with Crippen LogP contribution in [-0.4, -0.2) is 10.9 Å². The predicted octanol–water partition coefficient (Wildman–Crippen LogP) is 4.07. The Morgan fingerprint density at radius 3 is 2.71 bits per heavy atom. The van der Waals surface area contributed by atoms with Gasteiger partial charge in [0.25, 0.3) is 0 Å². The van der Waals surface area contributed by atoms with E-state index < -0.39 is 0 Å². The third kappa shape index (κ3) is 4.17. The molecule has 0 aliphatic carbocycles. The van der Waals surface area contributed by atoms with E-state index in [-0.39, 0.29) is 11.1 Å². The summed E-state index contributed by atoms with van der Waals surface area (Å²) in [6.07, 6.45) is 1.45. The molecule has 0 aromatic carbocycles. The normalized spacial score (nSPS) is 12.3. The van der Waals surface area contributed by atoms with Crippen LogP contribution in [0.3, 0.4) is 0 Å². The van der Waals surface area contributed by atoms with E-state index in [1.54, 1.807) is 6.07 Å². The summed E-state index contributed by atoms with van der Waals surface area (Å²) >= 11 is 11.7. The Labute approximate surface area is 112 Å². The zero-order valence-corrected chi connectivity index (χ0v) is 11.7. The van der Waals surface area contributed by atoms with Gasteiger partial charge in [-0.05, 0) is 24.5 Å². The molecular formula is C12H16Cl2N2O. The van der Waals surface area contributed by atoms with E-state index in [1.807, 2.05) is 13.8 Å². The Kier molecular flexibility index (Phi) is 5.22. The maximum absolute atomic E-state index is 11.7. The molecular weight excluding hydrogens is 259 g/mol. The van der Waals surface area contributed by atoms with E-state index in [1.165, 1.54) is 0 Å². The molecule has 1 heterocycles. The van der Waals surface area contributed by atoms with Gasteiger partial charge in [0.2, 0.25) is 5.91 Å². The molecule has 1 rings (SSSR count). The van der Waals surface area contributed by atoms with Gasteiger partial charge in [0, 0.05) is 6.42 Å². The average molecular weight is 275 g/mol. The van der Waals surface area contributed by atoms with Crippen molar-refractivity contribution in [1.29, 1.82) is 0 Å². The first-order chi connectivity index (χ1) is 7.93. The molecule has 1 amide bonds. The number of carbonyl (C=O) groups is 1. The minimum Gasteiger partial charge on any atom is -0.323 e. The van der Waals surface area contributed by atoms with Crippen molar-refractivity contribution >= 4 is 34.8 Å². The molecule has 17 heavy (non-hydrogen) atoms. The number of nitrogens with one attached hydrogen (secondary N) is 1. The summed E-state index contributed by atoms with van der Waals surface area (Å²) in [5, 5.41) is 3.33. The van der Waals surface area contributed by atoms with Gasteiger partial charge in [-0.15, -0.1) is 0 Å². The molecule has 0 aliphatic rings. The number of carbonyl (C=O) groups excluding carboxylic acids is 1. The van der Waals surface area contributed by atoms with Gasteiger partial charge in [-0.25, -0.2) is 4.98 Å². The summed E-state index contributed by atoms with van der Waals surface area (Å²) in [7, 11) is 0. The molecule has 1 atom stereocenters. The molecule has 0 radical (unpaired) electrons. The topological polar surface area (TPSA) is 42.0 Å². The van der Waals surface area contributed by atoms with E-state index in [4.69, 9.17) is 23.2 Å². The lowest BCUT2D eigenvalue weighted by atomic mass is 10.0. The summed E-state index contributed by atoms with van der Waals surface area (Å²) < 4.78 is 0. The van der Waals surface area contributed by atoms with Crippen molar-refractivity contribution in [2.24, 2.45) is 5.92 Å². The Balaban J connectivity index is 2.78. The van der Waals surface area contributed by atoms with Crippen LogP contribution in [0.1, 0.15) is 32.3 Å². The van der Waals surface area contributed by atoms with Gasteiger partial charge in [0.05, 0.1) is 5.69 Å². The summed E-state index contributed by atoms with van der Waals surface area (Å²) in [6.45, 7) is 5.92. The van der Waals surface area contributed by atoms with Gasteiger partial charge in [-0.1, -0.05) is 43.5 Å². The number of pyridine rings is 1. The largest absolute Gasteiger partial charge is 0.323 e. The van der Waals surface area contributed by atoms with Gasteiger partial charge in [0.15, 0.2) is 5.15 Å². The molecule has 1 unspecified atom stereocenters. The molecule has 0 bridgehead atoms. The summed E-state index contributed by atoms with van der Waals surface area (Å²) in [4.78, 5) is 15.6. The fraction of sp³-hybridized carbons (Fsp3) is 0.500. The van der Waals surface area contributed by atoms with Crippen LogP contribution in [0.5, 0.6) is 0 Å². The SMILES string of the molecule is CCC(C)CC(=O)Nc1c(C)cc(Cl)nc1Cl. The lowest BCUT2D eigenvalue weighted by Crippen LogP contribution is -2.16. The smallest absolute Gasteiger partial charge is 0.224 e. The standard InChI is InChI=1S/C12H16Cl2N2O/c1-4-7(2)5-10(17)16-11-8(3)6-9(13)15-12(11)14/h6-7H,4-5H2,1-3H3,(H,16,17).